The predicted molar refractivity (Wildman–Crippen MR) is 39.3 cm³/mol. The molecule has 0 N–H and O–H groups in total. The van der Waals surface area contributed by atoms with E-state index in [0.717, 1.165) is 6.07 Å². The van der Waals surface area contributed by atoms with Crippen molar-refractivity contribution in [2.45, 2.75) is 0 Å². The molecule has 0 aliphatic rings. The lowest BCUT2D eigenvalue weighted by Gasteiger charge is -1.88. The van der Waals surface area contributed by atoms with E-state index >= 15 is 0 Å². The van der Waals surface area contributed by atoms with Gasteiger partial charge in [0.25, 0.3) is 5.56 Å². The third-order valence-electron chi connectivity index (χ3n) is 1.27. The van der Waals surface area contributed by atoms with Crippen molar-refractivity contribution in [3.8, 4) is 0 Å². The van der Waals surface area contributed by atoms with E-state index in [2.05, 4.69) is 4.98 Å². The molecule has 5 heteroatoms. The van der Waals surface area contributed by atoms with Crippen LogP contribution in [0.3, 0.4) is 0 Å². The maximum atomic E-state index is 12.5. The predicted octanol–water partition coefficient (Wildman–Crippen LogP) is 0.895. The molecular weight excluding hydrogens is 167 g/mol. The zero-order valence-corrected chi connectivity index (χ0v) is 6.14. The molecule has 0 saturated carbocycles. The molecule has 2 rings (SSSR count). The lowest BCUT2D eigenvalue weighted by atomic mass is 10.6. The second-order valence-electron chi connectivity index (χ2n) is 1.97. The van der Waals surface area contributed by atoms with E-state index < -0.39 is 5.95 Å². The highest BCUT2D eigenvalue weighted by Crippen LogP contribution is 2.04. The fraction of sp³-hybridized carbons (Fsp3) is 0. The van der Waals surface area contributed by atoms with E-state index in [9.17, 15) is 9.18 Å². The Morgan fingerprint density at radius 2 is 2.45 bits per heavy atom. The Bertz CT molecular complexity index is 447. The molecular formula is C6H3FN2OS. The molecule has 0 aromatic carbocycles. The quantitative estimate of drug-likeness (QED) is 0.550. The summed E-state index contributed by atoms with van der Waals surface area (Å²) >= 11 is 1.23. The molecule has 0 amide bonds. The number of nitrogens with zero attached hydrogens (tertiary/aromatic N) is 2. The molecule has 3 nitrogen and oxygen atoms in total. The van der Waals surface area contributed by atoms with Crippen LogP contribution >= 0.6 is 11.3 Å². The van der Waals surface area contributed by atoms with Gasteiger partial charge >= 0.3 is 0 Å². The zero-order chi connectivity index (χ0) is 7.84. The maximum absolute atomic E-state index is 12.5. The normalized spacial score (nSPS) is 10.6. The zero-order valence-electron chi connectivity index (χ0n) is 5.32. The molecule has 0 aliphatic carbocycles. The van der Waals surface area contributed by atoms with Crippen molar-refractivity contribution >= 4 is 16.3 Å². The highest BCUT2D eigenvalue weighted by atomic mass is 32.1. The van der Waals surface area contributed by atoms with Gasteiger partial charge in [-0.25, -0.2) is 0 Å². The van der Waals surface area contributed by atoms with Crippen molar-refractivity contribution in [2.24, 2.45) is 0 Å². The van der Waals surface area contributed by atoms with E-state index in [1.807, 2.05) is 0 Å². The Labute approximate surface area is 64.7 Å². The number of fused-ring (bicyclic) bond motifs is 1. The smallest absolute Gasteiger partial charge is 0.261 e. The third kappa shape index (κ3) is 0.932. The number of halogens is 1. The molecule has 2 aromatic heterocycles. The standard InChI is InChI=1S/C6H3FN2OS/c7-4-3-5(10)9-1-2-11-6(9)8-4/h1-3H. The van der Waals surface area contributed by atoms with Gasteiger partial charge in [-0.3, -0.25) is 9.20 Å². The Balaban J connectivity index is 3.02. The van der Waals surface area contributed by atoms with Gasteiger partial charge in [-0.15, -0.1) is 11.3 Å². The van der Waals surface area contributed by atoms with Gasteiger partial charge < -0.3 is 0 Å². The topological polar surface area (TPSA) is 34.4 Å². The van der Waals surface area contributed by atoms with Crippen molar-refractivity contribution in [3.63, 3.8) is 0 Å². The van der Waals surface area contributed by atoms with E-state index in [1.54, 1.807) is 11.6 Å². The summed E-state index contributed by atoms with van der Waals surface area (Å²) < 4.78 is 13.8. The minimum atomic E-state index is -0.725. The lowest BCUT2D eigenvalue weighted by Crippen LogP contribution is -2.11. The van der Waals surface area contributed by atoms with Gasteiger partial charge in [-0.05, 0) is 0 Å². The van der Waals surface area contributed by atoms with E-state index in [1.165, 1.54) is 15.7 Å². The minimum absolute atomic E-state index is 0.381. The van der Waals surface area contributed by atoms with E-state index in [-0.39, 0.29) is 5.56 Å². The second kappa shape index (κ2) is 2.13. The molecule has 0 atom stereocenters. The van der Waals surface area contributed by atoms with Crippen molar-refractivity contribution in [3.05, 3.63) is 33.9 Å². The highest BCUT2D eigenvalue weighted by Gasteiger charge is 2.00. The van der Waals surface area contributed by atoms with E-state index in [4.69, 9.17) is 0 Å². The van der Waals surface area contributed by atoms with Crippen LogP contribution in [-0.4, -0.2) is 9.38 Å². The molecule has 11 heavy (non-hydrogen) atoms. The molecule has 0 saturated heterocycles. The number of hydrogen-bond donors (Lipinski definition) is 0. The van der Waals surface area contributed by atoms with Gasteiger partial charge in [-0.1, -0.05) is 0 Å². The molecule has 0 aliphatic heterocycles. The summed E-state index contributed by atoms with van der Waals surface area (Å²) in [4.78, 5) is 14.8. The summed E-state index contributed by atoms with van der Waals surface area (Å²) in [5, 5.41) is 1.68. The number of aromatic nitrogens is 2. The summed E-state index contributed by atoms with van der Waals surface area (Å²) in [5.74, 6) is -0.725. The van der Waals surface area contributed by atoms with Crippen LogP contribution in [0.1, 0.15) is 0 Å². The van der Waals surface area contributed by atoms with Crippen molar-refractivity contribution in [1.82, 2.24) is 9.38 Å². The Hall–Kier alpha value is -1.23. The molecule has 0 fully saturated rings. The van der Waals surface area contributed by atoms with Crippen LogP contribution in [0, 0.1) is 5.95 Å². The van der Waals surface area contributed by atoms with Crippen LogP contribution in [0.5, 0.6) is 0 Å². The van der Waals surface area contributed by atoms with Crippen LogP contribution in [0.2, 0.25) is 0 Å². The largest absolute Gasteiger partial charge is 0.269 e. The molecule has 0 bridgehead atoms. The fourth-order valence-electron chi connectivity index (χ4n) is 0.816. The van der Waals surface area contributed by atoms with Crippen LogP contribution in [0.25, 0.3) is 4.96 Å². The Kier molecular flexibility index (Phi) is 1.25. The summed E-state index contributed by atoms with van der Waals surface area (Å²) in [6.07, 6.45) is 1.56. The highest BCUT2D eigenvalue weighted by molar-refractivity contribution is 7.15. The first-order valence-corrected chi connectivity index (χ1v) is 3.78. The first-order chi connectivity index (χ1) is 5.27. The summed E-state index contributed by atoms with van der Waals surface area (Å²) in [7, 11) is 0. The van der Waals surface area contributed by atoms with Crippen LogP contribution < -0.4 is 5.56 Å². The van der Waals surface area contributed by atoms with Crippen molar-refractivity contribution in [2.75, 3.05) is 0 Å². The van der Waals surface area contributed by atoms with Gasteiger partial charge in [0.2, 0.25) is 5.95 Å². The van der Waals surface area contributed by atoms with Gasteiger partial charge in [0.15, 0.2) is 4.96 Å². The average molecular weight is 170 g/mol. The average Bonchev–Trinajstić information content (AvgIpc) is 2.34. The SMILES string of the molecule is O=c1cc(F)nc2sccn12. The number of thiazole rings is 1. The van der Waals surface area contributed by atoms with Gasteiger partial charge in [0.1, 0.15) is 0 Å². The molecule has 0 unspecified atom stereocenters. The molecule has 2 aromatic rings. The molecule has 56 valence electrons. The maximum Gasteiger partial charge on any atom is 0.261 e. The summed E-state index contributed by atoms with van der Waals surface area (Å²) in [6, 6.07) is 0.861. The number of rotatable bonds is 0. The van der Waals surface area contributed by atoms with Crippen LogP contribution in [0.4, 0.5) is 4.39 Å². The van der Waals surface area contributed by atoms with Gasteiger partial charge in [0, 0.05) is 11.6 Å². The van der Waals surface area contributed by atoms with Crippen LogP contribution in [-0.2, 0) is 0 Å². The monoisotopic (exact) mass is 170 g/mol. The first-order valence-electron chi connectivity index (χ1n) is 2.90. The van der Waals surface area contributed by atoms with E-state index in [0.29, 0.717) is 4.96 Å². The lowest BCUT2D eigenvalue weighted by molar-refractivity contribution is 0.582. The van der Waals surface area contributed by atoms with Gasteiger partial charge in [-0.2, -0.15) is 9.37 Å². The molecule has 0 radical (unpaired) electrons. The molecule has 0 spiro atoms. The second-order valence-corrected chi connectivity index (χ2v) is 2.85. The third-order valence-corrected chi connectivity index (χ3v) is 2.03. The summed E-state index contributed by atoms with van der Waals surface area (Å²) in [5.41, 5.74) is -0.381. The van der Waals surface area contributed by atoms with Crippen LogP contribution in [0.15, 0.2) is 22.4 Å². The first kappa shape index (κ1) is 6.48. The molecule has 2 heterocycles. The Morgan fingerprint density at radius 3 is 3.27 bits per heavy atom. The van der Waals surface area contributed by atoms with Crippen molar-refractivity contribution < 1.29 is 4.39 Å². The fourth-order valence-corrected chi connectivity index (χ4v) is 1.52. The van der Waals surface area contributed by atoms with Crippen molar-refractivity contribution in [1.29, 1.82) is 0 Å². The Morgan fingerprint density at radius 1 is 1.64 bits per heavy atom. The number of hydrogen-bond acceptors (Lipinski definition) is 3. The summed E-state index contributed by atoms with van der Waals surface area (Å²) in [6.45, 7) is 0. The minimum Gasteiger partial charge on any atom is -0.269 e. The van der Waals surface area contributed by atoms with Gasteiger partial charge in [0.05, 0.1) is 6.07 Å².